The van der Waals surface area contributed by atoms with Crippen LogP contribution in [0.25, 0.3) is 11.0 Å². The molecule has 0 aliphatic rings. The lowest BCUT2D eigenvalue weighted by molar-refractivity contribution is 0.112. The van der Waals surface area contributed by atoms with Gasteiger partial charge in [0, 0.05) is 25.2 Å². The molecule has 0 atom stereocenters. The number of aldehydes is 1. The summed E-state index contributed by atoms with van der Waals surface area (Å²) in [6.45, 7) is 6.37. The van der Waals surface area contributed by atoms with E-state index in [0.29, 0.717) is 11.5 Å². The number of nitrogens with zero attached hydrogens (tertiary/aromatic N) is 3. The Hall–Kier alpha value is -1.71. The average molecular weight is 245 g/mol. The van der Waals surface area contributed by atoms with Gasteiger partial charge in [0.2, 0.25) is 0 Å². The third-order valence-corrected chi connectivity index (χ3v) is 3.02. The number of aryl methyl sites for hydroxylation is 2. The summed E-state index contributed by atoms with van der Waals surface area (Å²) in [4.78, 5) is 20.3. The fraction of sp³-hybridized carbons (Fsp3) is 0.500. The largest absolute Gasteiger partial charge is 0.335 e. The van der Waals surface area contributed by atoms with Crippen LogP contribution in [0.15, 0.2) is 6.20 Å². The van der Waals surface area contributed by atoms with E-state index in [1.807, 2.05) is 17.8 Å². The number of carbonyl (C=O) groups excluding carboxylic acids is 1. The topological polar surface area (TPSA) is 47.8 Å². The highest BCUT2D eigenvalue weighted by molar-refractivity contribution is 5.97. The zero-order chi connectivity index (χ0) is 13.3. The molecule has 0 fully saturated rings. The van der Waals surface area contributed by atoms with Gasteiger partial charge in [0.15, 0.2) is 6.29 Å². The number of hydrogen-bond acceptors (Lipinski definition) is 3. The van der Waals surface area contributed by atoms with Crippen LogP contribution in [-0.4, -0.2) is 20.8 Å². The van der Waals surface area contributed by atoms with E-state index in [2.05, 4.69) is 30.7 Å². The molecule has 0 aliphatic heterocycles. The summed E-state index contributed by atoms with van der Waals surface area (Å²) >= 11 is 0. The van der Waals surface area contributed by atoms with Crippen molar-refractivity contribution < 1.29 is 4.79 Å². The first-order chi connectivity index (χ1) is 8.56. The lowest BCUT2D eigenvalue weighted by atomic mass is 10.1. The highest BCUT2D eigenvalue weighted by Gasteiger charge is 2.14. The van der Waals surface area contributed by atoms with E-state index in [-0.39, 0.29) is 0 Å². The summed E-state index contributed by atoms with van der Waals surface area (Å²) in [7, 11) is 1.92. The molecule has 0 aliphatic carbocycles. The molecule has 2 aromatic heterocycles. The second-order valence-electron chi connectivity index (χ2n) is 5.05. The van der Waals surface area contributed by atoms with Crippen molar-refractivity contribution in [3.05, 3.63) is 23.3 Å². The van der Waals surface area contributed by atoms with Crippen molar-refractivity contribution in [3.8, 4) is 0 Å². The molecule has 96 valence electrons. The summed E-state index contributed by atoms with van der Waals surface area (Å²) in [6.07, 6.45) is 4.39. The molecule has 4 nitrogen and oxygen atoms in total. The van der Waals surface area contributed by atoms with Gasteiger partial charge in [-0.05, 0) is 12.3 Å². The van der Waals surface area contributed by atoms with E-state index in [4.69, 9.17) is 0 Å². The average Bonchev–Trinajstić information content (AvgIpc) is 2.65. The second-order valence-corrected chi connectivity index (χ2v) is 5.05. The lowest BCUT2D eigenvalue weighted by Crippen LogP contribution is -2.05. The molecule has 0 aromatic carbocycles. The highest BCUT2D eigenvalue weighted by Crippen LogP contribution is 2.22. The van der Waals surface area contributed by atoms with Crippen LogP contribution in [0.3, 0.4) is 0 Å². The molecule has 18 heavy (non-hydrogen) atoms. The Kier molecular flexibility index (Phi) is 3.45. The molecule has 2 rings (SSSR count). The molecular weight excluding hydrogens is 226 g/mol. The van der Waals surface area contributed by atoms with Crippen molar-refractivity contribution in [2.75, 3.05) is 0 Å². The van der Waals surface area contributed by atoms with Crippen LogP contribution in [0, 0.1) is 5.92 Å². The zero-order valence-corrected chi connectivity index (χ0v) is 11.4. The number of rotatable bonds is 4. The standard InChI is InChI=1S/C14H19N3O/c1-5-11-13-10(8-18)7-17(4)14(13)16-12(15-11)6-9(2)3/h7-9H,5-6H2,1-4H3. The Bertz CT molecular complexity index is 584. The third kappa shape index (κ3) is 2.15. The SMILES string of the molecule is CCc1nc(CC(C)C)nc2c1c(C=O)cn2C. The number of fused-ring (bicyclic) bond motifs is 1. The van der Waals surface area contributed by atoms with Crippen molar-refractivity contribution in [3.63, 3.8) is 0 Å². The van der Waals surface area contributed by atoms with Crippen LogP contribution >= 0.6 is 0 Å². The fourth-order valence-electron chi connectivity index (χ4n) is 2.23. The molecule has 0 saturated heterocycles. The van der Waals surface area contributed by atoms with Gasteiger partial charge in [0.25, 0.3) is 0 Å². The van der Waals surface area contributed by atoms with Crippen LogP contribution < -0.4 is 0 Å². The fourth-order valence-corrected chi connectivity index (χ4v) is 2.23. The van der Waals surface area contributed by atoms with Crippen molar-refractivity contribution >= 4 is 17.3 Å². The van der Waals surface area contributed by atoms with Gasteiger partial charge in [0.1, 0.15) is 11.5 Å². The summed E-state index contributed by atoms with van der Waals surface area (Å²) in [5, 5.41) is 0.905. The van der Waals surface area contributed by atoms with Crippen molar-refractivity contribution in [1.82, 2.24) is 14.5 Å². The van der Waals surface area contributed by atoms with E-state index >= 15 is 0 Å². The number of hydrogen-bond donors (Lipinski definition) is 0. The molecule has 4 heteroatoms. The van der Waals surface area contributed by atoms with Gasteiger partial charge in [-0.3, -0.25) is 4.79 Å². The summed E-state index contributed by atoms with van der Waals surface area (Å²) in [5.74, 6) is 1.39. The van der Waals surface area contributed by atoms with Gasteiger partial charge in [0.05, 0.1) is 11.1 Å². The van der Waals surface area contributed by atoms with Gasteiger partial charge < -0.3 is 4.57 Å². The quantitative estimate of drug-likeness (QED) is 0.778. The van der Waals surface area contributed by atoms with E-state index in [9.17, 15) is 4.79 Å². The molecule has 0 unspecified atom stereocenters. The molecule has 0 spiro atoms. The van der Waals surface area contributed by atoms with Gasteiger partial charge in [-0.1, -0.05) is 20.8 Å². The monoisotopic (exact) mass is 245 g/mol. The van der Waals surface area contributed by atoms with Crippen LogP contribution in [0.4, 0.5) is 0 Å². The van der Waals surface area contributed by atoms with E-state index in [1.165, 1.54) is 0 Å². The predicted octanol–water partition coefficient (Wildman–Crippen LogP) is 2.54. The van der Waals surface area contributed by atoms with Crippen molar-refractivity contribution in [2.24, 2.45) is 13.0 Å². The number of aromatic nitrogens is 3. The second kappa shape index (κ2) is 4.88. The summed E-state index contributed by atoms with van der Waals surface area (Å²) in [6, 6.07) is 0. The van der Waals surface area contributed by atoms with Gasteiger partial charge in [-0.25, -0.2) is 9.97 Å². The van der Waals surface area contributed by atoms with E-state index in [1.54, 1.807) is 0 Å². The molecule has 0 amide bonds. The maximum atomic E-state index is 11.1. The molecule has 0 saturated carbocycles. The van der Waals surface area contributed by atoms with E-state index in [0.717, 1.165) is 41.7 Å². The first-order valence-corrected chi connectivity index (χ1v) is 6.36. The van der Waals surface area contributed by atoms with Gasteiger partial charge in [-0.15, -0.1) is 0 Å². The zero-order valence-electron chi connectivity index (χ0n) is 11.4. The van der Waals surface area contributed by atoms with Gasteiger partial charge >= 0.3 is 0 Å². The van der Waals surface area contributed by atoms with Crippen LogP contribution in [-0.2, 0) is 19.9 Å². The van der Waals surface area contributed by atoms with Crippen LogP contribution in [0.1, 0.15) is 42.6 Å². The first kappa shape index (κ1) is 12.7. The van der Waals surface area contributed by atoms with Gasteiger partial charge in [-0.2, -0.15) is 0 Å². The minimum Gasteiger partial charge on any atom is -0.335 e. The molecule has 0 N–H and O–H groups in total. The number of carbonyl (C=O) groups is 1. The van der Waals surface area contributed by atoms with E-state index < -0.39 is 0 Å². The Morgan fingerprint density at radius 3 is 2.67 bits per heavy atom. The van der Waals surface area contributed by atoms with Crippen molar-refractivity contribution in [2.45, 2.75) is 33.6 Å². The molecule has 2 heterocycles. The summed E-state index contributed by atoms with van der Waals surface area (Å²) < 4.78 is 1.91. The Morgan fingerprint density at radius 1 is 1.39 bits per heavy atom. The van der Waals surface area contributed by atoms with Crippen molar-refractivity contribution in [1.29, 1.82) is 0 Å². The smallest absolute Gasteiger partial charge is 0.152 e. The molecule has 0 bridgehead atoms. The molecule has 2 aromatic rings. The minimum atomic E-state index is 0.526. The Labute approximate surface area is 107 Å². The molecular formula is C14H19N3O. The Balaban J connectivity index is 2.68. The van der Waals surface area contributed by atoms with Crippen LogP contribution in [0.2, 0.25) is 0 Å². The lowest BCUT2D eigenvalue weighted by Gasteiger charge is -2.07. The minimum absolute atomic E-state index is 0.526. The first-order valence-electron chi connectivity index (χ1n) is 6.36. The maximum absolute atomic E-state index is 11.1. The van der Waals surface area contributed by atoms with Crippen LogP contribution in [0.5, 0.6) is 0 Å². The summed E-state index contributed by atoms with van der Waals surface area (Å²) in [5.41, 5.74) is 2.51. The third-order valence-electron chi connectivity index (χ3n) is 3.02. The maximum Gasteiger partial charge on any atom is 0.152 e. The molecule has 0 radical (unpaired) electrons. The normalized spacial score (nSPS) is 11.4. The highest BCUT2D eigenvalue weighted by atomic mass is 16.1. The predicted molar refractivity (Wildman–Crippen MR) is 71.8 cm³/mol. The Morgan fingerprint density at radius 2 is 2.11 bits per heavy atom.